The molecule has 0 N–H and O–H groups in total. The fourth-order valence-electron chi connectivity index (χ4n) is 4.08. The normalized spacial score (nSPS) is 31.8. The van der Waals surface area contributed by atoms with Crippen LogP contribution in [-0.2, 0) is 0 Å². The molecular formula is C17H25NO. The average Bonchev–Trinajstić information content (AvgIpc) is 2.64. The van der Waals surface area contributed by atoms with Crippen LogP contribution in [0.1, 0.15) is 50.1 Å². The van der Waals surface area contributed by atoms with E-state index in [1.54, 1.807) is 7.11 Å². The zero-order valence-corrected chi connectivity index (χ0v) is 12.1. The zero-order chi connectivity index (χ0) is 13.2. The minimum atomic E-state index is 0.586. The Morgan fingerprint density at radius 1 is 1.16 bits per heavy atom. The maximum atomic E-state index is 5.37. The summed E-state index contributed by atoms with van der Waals surface area (Å²) in [5, 5.41) is 0. The van der Waals surface area contributed by atoms with Gasteiger partial charge in [-0.15, -0.1) is 0 Å². The Hall–Kier alpha value is -1.02. The second-order valence-corrected chi connectivity index (χ2v) is 6.16. The highest BCUT2D eigenvalue weighted by Crippen LogP contribution is 2.44. The van der Waals surface area contributed by atoms with Crippen molar-refractivity contribution in [2.45, 2.75) is 50.6 Å². The molecule has 0 radical (unpaired) electrons. The molecule has 2 aliphatic rings. The molecule has 1 aliphatic heterocycles. The number of likely N-dealkylation sites (tertiary alicyclic amines) is 1. The molecule has 2 fully saturated rings. The molecule has 104 valence electrons. The van der Waals surface area contributed by atoms with E-state index in [1.165, 1.54) is 44.1 Å². The summed E-state index contributed by atoms with van der Waals surface area (Å²) in [6, 6.07) is 10.0. The first-order valence-corrected chi connectivity index (χ1v) is 7.65. The number of ether oxygens (including phenoxy) is 1. The predicted octanol–water partition coefficient (Wildman–Crippen LogP) is 4.02. The van der Waals surface area contributed by atoms with Gasteiger partial charge in [-0.3, -0.25) is 4.90 Å². The third-order valence-electron chi connectivity index (χ3n) is 5.14. The summed E-state index contributed by atoms with van der Waals surface area (Å²) in [5.41, 5.74) is 1.43. The lowest BCUT2D eigenvalue weighted by Crippen LogP contribution is -2.30. The van der Waals surface area contributed by atoms with Crippen LogP contribution in [0.5, 0.6) is 5.75 Å². The second-order valence-electron chi connectivity index (χ2n) is 6.16. The van der Waals surface area contributed by atoms with Gasteiger partial charge < -0.3 is 4.74 Å². The van der Waals surface area contributed by atoms with Gasteiger partial charge in [0.2, 0.25) is 0 Å². The first kappa shape index (κ1) is 13.0. The lowest BCUT2D eigenvalue weighted by Gasteiger charge is -2.27. The summed E-state index contributed by atoms with van der Waals surface area (Å²) in [7, 11) is 4.07. The molecule has 1 aromatic rings. The number of fused-ring (bicyclic) bond motifs is 1. The lowest BCUT2D eigenvalue weighted by atomic mass is 9.93. The minimum Gasteiger partial charge on any atom is -0.497 e. The maximum Gasteiger partial charge on any atom is 0.119 e. The zero-order valence-electron chi connectivity index (χ0n) is 12.1. The number of methoxy groups -OCH3 is 1. The van der Waals surface area contributed by atoms with Gasteiger partial charge in [-0.25, -0.2) is 0 Å². The van der Waals surface area contributed by atoms with Crippen molar-refractivity contribution < 1.29 is 4.74 Å². The van der Waals surface area contributed by atoms with Crippen molar-refractivity contribution in [3.8, 4) is 5.75 Å². The SMILES string of the molecule is COc1cccc([C@@H]2C[C@H]3CCCCC[C@@H]3N2C)c1. The second kappa shape index (κ2) is 5.54. The standard InChI is InChI=1S/C17H25NO/c1-18-16-10-5-3-4-7-14(16)12-17(18)13-8-6-9-15(11-13)19-2/h6,8-9,11,14,16-17H,3-5,7,10,12H2,1-2H3/t14-,16+,17+/m1/s1. The van der Waals surface area contributed by atoms with Gasteiger partial charge in [0.15, 0.2) is 0 Å². The molecule has 0 amide bonds. The van der Waals surface area contributed by atoms with E-state index in [-0.39, 0.29) is 0 Å². The molecule has 1 heterocycles. The van der Waals surface area contributed by atoms with Crippen LogP contribution in [0.4, 0.5) is 0 Å². The van der Waals surface area contributed by atoms with Crippen LogP contribution in [0.15, 0.2) is 24.3 Å². The number of hydrogen-bond donors (Lipinski definition) is 0. The summed E-state index contributed by atoms with van der Waals surface area (Å²) < 4.78 is 5.37. The third kappa shape index (κ3) is 2.51. The summed E-state index contributed by atoms with van der Waals surface area (Å²) in [5.74, 6) is 1.89. The van der Waals surface area contributed by atoms with E-state index < -0.39 is 0 Å². The highest BCUT2D eigenvalue weighted by molar-refractivity contribution is 5.31. The lowest BCUT2D eigenvalue weighted by molar-refractivity contribution is 0.216. The van der Waals surface area contributed by atoms with Gasteiger partial charge in [0.1, 0.15) is 5.75 Å². The van der Waals surface area contributed by atoms with Crippen LogP contribution >= 0.6 is 0 Å². The van der Waals surface area contributed by atoms with Crippen molar-refractivity contribution in [2.24, 2.45) is 5.92 Å². The van der Waals surface area contributed by atoms with E-state index in [4.69, 9.17) is 4.74 Å². The van der Waals surface area contributed by atoms with Crippen LogP contribution in [-0.4, -0.2) is 25.1 Å². The van der Waals surface area contributed by atoms with Gasteiger partial charge in [0.25, 0.3) is 0 Å². The summed E-state index contributed by atoms with van der Waals surface area (Å²) in [6.07, 6.45) is 8.42. The molecule has 0 spiro atoms. The molecule has 0 aromatic heterocycles. The minimum absolute atomic E-state index is 0.586. The molecule has 2 heteroatoms. The van der Waals surface area contributed by atoms with Crippen molar-refractivity contribution in [3.63, 3.8) is 0 Å². The van der Waals surface area contributed by atoms with Crippen LogP contribution in [0.25, 0.3) is 0 Å². The molecule has 1 aliphatic carbocycles. The highest BCUT2D eigenvalue weighted by Gasteiger charge is 2.39. The fraction of sp³-hybridized carbons (Fsp3) is 0.647. The molecule has 19 heavy (non-hydrogen) atoms. The van der Waals surface area contributed by atoms with Gasteiger partial charge in [0.05, 0.1) is 7.11 Å². The molecule has 3 atom stereocenters. The van der Waals surface area contributed by atoms with Crippen molar-refractivity contribution in [1.29, 1.82) is 0 Å². The largest absolute Gasteiger partial charge is 0.497 e. The maximum absolute atomic E-state index is 5.37. The van der Waals surface area contributed by atoms with E-state index in [2.05, 4.69) is 30.1 Å². The Morgan fingerprint density at radius 2 is 2.00 bits per heavy atom. The van der Waals surface area contributed by atoms with Crippen molar-refractivity contribution >= 4 is 0 Å². The number of hydrogen-bond acceptors (Lipinski definition) is 2. The van der Waals surface area contributed by atoms with Gasteiger partial charge in [-0.05, 0) is 49.9 Å². The van der Waals surface area contributed by atoms with E-state index >= 15 is 0 Å². The molecular weight excluding hydrogens is 234 g/mol. The van der Waals surface area contributed by atoms with Crippen LogP contribution < -0.4 is 4.74 Å². The van der Waals surface area contributed by atoms with E-state index in [0.29, 0.717) is 6.04 Å². The van der Waals surface area contributed by atoms with E-state index in [9.17, 15) is 0 Å². The summed E-state index contributed by atoms with van der Waals surface area (Å²) in [6.45, 7) is 0. The van der Waals surface area contributed by atoms with Gasteiger partial charge in [-0.2, -0.15) is 0 Å². The van der Waals surface area contributed by atoms with Crippen LogP contribution in [0.3, 0.4) is 0 Å². The molecule has 1 aromatic carbocycles. The summed E-state index contributed by atoms with van der Waals surface area (Å²) in [4.78, 5) is 2.63. The van der Waals surface area contributed by atoms with Crippen LogP contribution in [0.2, 0.25) is 0 Å². The molecule has 1 saturated heterocycles. The Labute approximate surface area is 116 Å². The number of rotatable bonds is 2. The van der Waals surface area contributed by atoms with E-state index in [0.717, 1.165) is 17.7 Å². The molecule has 3 rings (SSSR count). The molecule has 0 bridgehead atoms. The van der Waals surface area contributed by atoms with Gasteiger partial charge in [-0.1, -0.05) is 31.4 Å². The smallest absolute Gasteiger partial charge is 0.119 e. The van der Waals surface area contributed by atoms with Crippen LogP contribution in [0, 0.1) is 5.92 Å². The third-order valence-corrected chi connectivity index (χ3v) is 5.14. The fourth-order valence-corrected chi connectivity index (χ4v) is 4.08. The Kier molecular flexibility index (Phi) is 3.79. The Bertz CT molecular complexity index is 431. The Morgan fingerprint density at radius 3 is 2.84 bits per heavy atom. The quantitative estimate of drug-likeness (QED) is 0.795. The van der Waals surface area contributed by atoms with Crippen molar-refractivity contribution in [3.05, 3.63) is 29.8 Å². The topological polar surface area (TPSA) is 12.5 Å². The summed E-state index contributed by atoms with van der Waals surface area (Å²) >= 11 is 0. The average molecular weight is 259 g/mol. The monoisotopic (exact) mass is 259 g/mol. The van der Waals surface area contributed by atoms with Gasteiger partial charge in [0, 0.05) is 12.1 Å². The highest BCUT2D eigenvalue weighted by atomic mass is 16.5. The first-order chi connectivity index (χ1) is 9.29. The molecule has 1 saturated carbocycles. The van der Waals surface area contributed by atoms with E-state index in [1.807, 2.05) is 6.07 Å². The van der Waals surface area contributed by atoms with Gasteiger partial charge >= 0.3 is 0 Å². The number of nitrogens with zero attached hydrogens (tertiary/aromatic N) is 1. The molecule has 2 nitrogen and oxygen atoms in total. The van der Waals surface area contributed by atoms with Crippen molar-refractivity contribution in [2.75, 3.05) is 14.2 Å². The molecule has 0 unspecified atom stereocenters. The Balaban J connectivity index is 1.81. The number of benzene rings is 1. The van der Waals surface area contributed by atoms with Crippen molar-refractivity contribution in [1.82, 2.24) is 4.90 Å². The predicted molar refractivity (Wildman–Crippen MR) is 78.5 cm³/mol. The first-order valence-electron chi connectivity index (χ1n) is 7.65.